The Morgan fingerprint density at radius 3 is 1.84 bits per heavy atom. The van der Waals surface area contributed by atoms with Crippen molar-refractivity contribution < 1.29 is 82.6 Å². The van der Waals surface area contributed by atoms with E-state index in [9.17, 15) is 25.3 Å². The van der Waals surface area contributed by atoms with Gasteiger partial charge in [-0.15, -0.1) is 0 Å². The molecule has 8 nitrogen and oxygen atoms in total. The number of sulfone groups is 1. The molecule has 0 unspecified atom stereocenters. The summed E-state index contributed by atoms with van der Waals surface area (Å²) in [5.74, 6) is 0. The minimum atomic E-state index is -4.89. The molecule has 0 fully saturated rings. The third kappa shape index (κ3) is 5.10. The van der Waals surface area contributed by atoms with E-state index in [0.29, 0.717) is 12.1 Å². The van der Waals surface area contributed by atoms with Crippen LogP contribution in [0.15, 0.2) is 62.0 Å². The van der Waals surface area contributed by atoms with E-state index in [4.69, 9.17) is 21.3 Å². The second-order valence-corrected chi connectivity index (χ2v) is 9.81. The maximum absolute atomic E-state index is 12.6. The Morgan fingerprint density at radius 2 is 1.40 bits per heavy atom. The fourth-order valence-corrected chi connectivity index (χ4v) is 5.71. The van der Waals surface area contributed by atoms with Gasteiger partial charge in [0.1, 0.15) is 9.79 Å². The molecule has 0 atom stereocenters. The predicted octanol–water partition coefficient (Wildman–Crippen LogP) is -1.82. The molecule has 0 aliphatic carbocycles. The second-order valence-electron chi connectivity index (χ2n) is 4.57. The molecule has 0 saturated heterocycles. The quantitative estimate of drug-likeness (QED) is 0.410. The number of benzene rings is 2. The first-order valence-electron chi connectivity index (χ1n) is 5.99. The minimum absolute atomic E-state index is 0. The summed E-state index contributed by atoms with van der Waals surface area (Å²) in [4.78, 5) is -3.01. The van der Waals surface area contributed by atoms with Gasteiger partial charge in [-0.2, -0.15) is 8.42 Å². The van der Waals surface area contributed by atoms with E-state index in [-0.39, 0.29) is 57.7 Å². The normalized spacial score (nSPS) is 12.4. The van der Waals surface area contributed by atoms with Crippen molar-refractivity contribution in [3.8, 4) is 0 Å². The van der Waals surface area contributed by atoms with Crippen LogP contribution >= 0.6 is 11.6 Å². The summed E-state index contributed by atoms with van der Waals surface area (Å²) < 4.78 is 80.3. The number of rotatable bonds is 4. The Balaban J connectivity index is 0.00000312. The van der Waals surface area contributed by atoms with E-state index < -0.39 is 49.7 Å². The first-order chi connectivity index (χ1) is 10.8. The fourth-order valence-electron chi connectivity index (χ4n) is 1.87. The SMILES string of the molecule is NS(=O)(=O)c1cc(S(=O)(=O)O)c(Cl)cc1S(=O)(=O)c1ccccc1.[H-].[K+]. The molecule has 132 valence electrons. The second kappa shape index (κ2) is 8.02. The molecule has 2 rings (SSSR count). The molecule has 0 bridgehead atoms. The van der Waals surface area contributed by atoms with Crippen molar-refractivity contribution in [2.45, 2.75) is 19.6 Å². The molecule has 0 aliphatic rings. The molecule has 0 aromatic heterocycles. The maximum atomic E-state index is 12.6. The van der Waals surface area contributed by atoms with Gasteiger partial charge in [0.05, 0.1) is 14.8 Å². The predicted molar refractivity (Wildman–Crippen MR) is 85.6 cm³/mol. The third-order valence-corrected chi connectivity index (χ3v) is 7.13. The van der Waals surface area contributed by atoms with Gasteiger partial charge in [-0.05, 0) is 24.3 Å². The molecular formula is C12H11ClKNO7S3. The van der Waals surface area contributed by atoms with E-state index in [1.165, 1.54) is 24.3 Å². The molecule has 3 N–H and O–H groups in total. The van der Waals surface area contributed by atoms with Gasteiger partial charge >= 0.3 is 51.4 Å². The first kappa shape index (κ1) is 23.2. The van der Waals surface area contributed by atoms with Gasteiger partial charge in [0.25, 0.3) is 10.1 Å². The van der Waals surface area contributed by atoms with Gasteiger partial charge in [0.15, 0.2) is 0 Å². The van der Waals surface area contributed by atoms with Crippen LogP contribution in [0, 0.1) is 0 Å². The van der Waals surface area contributed by atoms with Gasteiger partial charge in [0.2, 0.25) is 19.9 Å². The van der Waals surface area contributed by atoms with Crippen molar-refractivity contribution in [3.05, 3.63) is 47.5 Å². The Bertz CT molecular complexity index is 1120. The van der Waals surface area contributed by atoms with Crippen LogP contribution in [0.1, 0.15) is 1.43 Å². The summed E-state index contributed by atoms with van der Waals surface area (Å²) in [6.07, 6.45) is 0. The van der Waals surface area contributed by atoms with Crippen molar-refractivity contribution in [2.24, 2.45) is 5.14 Å². The number of halogens is 1. The van der Waals surface area contributed by atoms with Crippen LogP contribution in [0.4, 0.5) is 0 Å². The van der Waals surface area contributed by atoms with E-state index in [0.717, 1.165) is 0 Å². The average molecular weight is 452 g/mol. The molecule has 0 spiro atoms. The van der Waals surface area contributed by atoms with Gasteiger partial charge in [0, 0.05) is 0 Å². The largest absolute Gasteiger partial charge is 1.00 e. The summed E-state index contributed by atoms with van der Waals surface area (Å²) in [7, 11) is -13.9. The summed E-state index contributed by atoms with van der Waals surface area (Å²) in [6, 6.07) is 7.83. The zero-order valence-corrected chi connectivity index (χ0v) is 18.9. The number of primary sulfonamides is 1. The van der Waals surface area contributed by atoms with E-state index in [2.05, 4.69) is 0 Å². The van der Waals surface area contributed by atoms with Crippen LogP contribution < -0.4 is 56.5 Å². The van der Waals surface area contributed by atoms with Gasteiger partial charge in [-0.3, -0.25) is 4.55 Å². The first-order valence-corrected chi connectivity index (χ1v) is 10.8. The van der Waals surface area contributed by atoms with Crippen LogP contribution in [0.5, 0.6) is 0 Å². The molecule has 0 heterocycles. The third-order valence-electron chi connectivity index (χ3n) is 2.93. The Labute approximate surface area is 194 Å². The van der Waals surface area contributed by atoms with Gasteiger partial charge in [-0.1, -0.05) is 29.8 Å². The summed E-state index contributed by atoms with van der Waals surface area (Å²) in [6.45, 7) is 0. The van der Waals surface area contributed by atoms with Crippen LogP contribution in [-0.2, 0) is 30.0 Å². The monoisotopic (exact) mass is 451 g/mol. The fraction of sp³-hybridized carbons (Fsp3) is 0. The van der Waals surface area contributed by atoms with E-state index in [1.807, 2.05) is 0 Å². The molecular weight excluding hydrogens is 441 g/mol. The summed E-state index contributed by atoms with van der Waals surface area (Å²) in [5, 5.41) is 4.32. The number of nitrogens with two attached hydrogens (primary N) is 1. The van der Waals surface area contributed by atoms with Crippen molar-refractivity contribution in [1.29, 1.82) is 0 Å². The zero-order chi connectivity index (χ0) is 18.3. The number of hydrogen-bond donors (Lipinski definition) is 2. The molecule has 25 heavy (non-hydrogen) atoms. The molecule has 2 aromatic rings. The smallest absolute Gasteiger partial charge is 1.00 e. The average Bonchev–Trinajstić information content (AvgIpc) is 2.45. The standard InChI is InChI=1S/C12H10ClNO7S3.K.H/c13-9-6-11(22(15,16)8-4-2-1-3-5-8)12(23(14,17)18)7-10(9)24(19,20)21;;/h1-7H,(H2,14,17,18)(H,19,20,21);;/q;+1;-1. The molecule has 0 amide bonds. The van der Waals surface area contributed by atoms with Crippen molar-refractivity contribution >= 4 is 41.6 Å². The van der Waals surface area contributed by atoms with Crippen molar-refractivity contribution in [1.82, 2.24) is 0 Å². The van der Waals surface area contributed by atoms with Crippen molar-refractivity contribution in [2.75, 3.05) is 0 Å². The van der Waals surface area contributed by atoms with Gasteiger partial charge < -0.3 is 1.43 Å². The summed E-state index contributed by atoms with van der Waals surface area (Å²) >= 11 is 5.69. The van der Waals surface area contributed by atoms with Crippen molar-refractivity contribution in [3.63, 3.8) is 0 Å². The Hall–Kier alpha value is 0.136. The van der Waals surface area contributed by atoms with E-state index >= 15 is 0 Å². The molecule has 2 aromatic carbocycles. The number of sulfonamides is 1. The summed E-state index contributed by atoms with van der Waals surface area (Å²) in [5.41, 5.74) is 0. The van der Waals surface area contributed by atoms with E-state index in [1.54, 1.807) is 6.07 Å². The van der Waals surface area contributed by atoms with Crippen LogP contribution in [0.3, 0.4) is 0 Å². The Morgan fingerprint density at radius 1 is 0.880 bits per heavy atom. The van der Waals surface area contributed by atoms with Gasteiger partial charge in [-0.25, -0.2) is 22.0 Å². The molecule has 13 heteroatoms. The van der Waals surface area contributed by atoms with Crippen LogP contribution in [0.2, 0.25) is 5.02 Å². The van der Waals surface area contributed by atoms with Crippen LogP contribution in [-0.4, -0.2) is 29.8 Å². The van der Waals surface area contributed by atoms with Crippen LogP contribution in [0.25, 0.3) is 0 Å². The molecule has 0 aliphatic heterocycles. The number of hydrogen-bond acceptors (Lipinski definition) is 6. The minimum Gasteiger partial charge on any atom is -1.00 e. The topological polar surface area (TPSA) is 149 Å². The molecule has 0 saturated carbocycles. The Kier molecular flexibility index (Phi) is 7.44. The molecule has 0 radical (unpaired) electrons. The maximum Gasteiger partial charge on any atom is 1.00 e. The zero-order valence-electron chi connectivity index (χ0n) is 13.6.